The van der Waals surface area contributed by atoms with Crippen LogP contribution in [0.15, 0.2) is 16.1 Å². The number of hydrogen-bond acceptors (Lipinski definition) is 2. The highest BCUT2D eigenvalue weighted by Gasteiger charge is 1.99. The fraction of sp³-hybridized carbons (Fsp3) is 0.429. The first-order chi connectivity index (χ1) is 4.57. The van der Waals surface area contributed by atoms with Gasteiger partial charge < -0.3 is 0 Å². The van der Waals surface area contributed by atoms with Crippen LogP contribution in [0.5, 0.6) is 0 Å². The van der Waals surface area contributed by atoms with Crippen molar-refractivity contribution in [3.8, 4) is 0 Å². The van der Waals surface area contributed by atoms with Gasteiger partial charge in [-0.05, 0) is 13.0 Å². The molecule has 0 aliphatic heterocycles. The molecule has 0 N–H and O–H groups in total. The summed E-state index contributed by atoms with van der Waals surface area (Å²) in [4.78, 5) is 14.4. The third-order valence-electron chi connectivity index (χ3n) is 0.937. The van der Waals surface area contributed by atoms with Crippen molar-refractivity contribution in [3.63, 3.8) is 0 Å². The number of hydrogen-bond donors (Lipinski definition) is 0. The minimum Gasteiger partial charge on any atom is -0.293 e. The molecular weight excluding hydrogens is 150 g/mol. The van der Waals surface area contributed by atoms with Crippen molar-refractivity contribution >= 4 is 23.1 Å². The fourth-order valence-corrected chi connectivity index (χ4v) is 0.615. The SMILES string of the molecule is CN=C(/C=C(\C)Cl)C(C)=O. The van der Waals surface area contributed by atoms with Gasteiger partial charge in [0.1, 0.15) is 5.71 Å². The summed E-state index contributed by atoms with van der Waals surface area (Å²) in [6.45, 7) is 3.16. The average Bonchev–Trinajstić information content (AvgIpc) is 1.81. The lowest BCUT2D eigenvalue weighted by molar-refractivity contribution is -0.111. The zero-order valence-corrected chi connectivity index (χ0v) is 7.07. The summed E-state index contributed by atoms with van der Waals surface area (Å²) in [5.41, 5.74) is 0.410. The lowest BCUT2D eigenvalue weighted by atomic mass is 10.2. The van der Waals surface area contributed by atoms with Gasteiger partial charge in [-0.25, -0.2) is 0 Å². The molecule has 0 rings (SSSR count). The summed E-state index contributed by atoms with van der Waals surface area (Å²) in [5.74, 6) is -0.0671. The fourth-order valence-electron chi connectivity index (χ4n) is 0.512. The Hall–Kier alpha value is -0.630. The highest BCUT2D eigenvalue weighted by molar-refractivity contribution is 6.45. The highest BCUT2D eigenvalue weighted by Crippen LogP contribution is 1.98. The van der Waals surface area contributed by atoms with Crippen LogP contribution in [-0.2, 0) is 4.79 Å². The van der Waals surface area contributed by atoms with Crippen LogP contribution in [0.1, 0.15) is 13.8 Å². The first-order valence-corrected chi connectivity index (χ1v) is 3.27. The van der Waals surface area contributed by atoms with E-state index in [0.717, 1.165) is 0 Å². The summed E-state index contributed by atoms with van der Waals surface area (Å²) in [6, 6.07) is 0. The number of aliphatic imine (C=N–C) groups is 1. The molecule has 0 aromatic carbocycles. The van der Waals surface area contributed by atoms with Gasteiger partial charge in [0.25, 0.3) is 0 Å². The number of rotatable bonds is 2. The lowest BCUT2D eigenvalue weighted by Crippen LogP contribution is -2.05. The second-order valence-electron chi connectivity index (χ2n) is 1.90. The molecule has 0 unspecified atom stereocenters. The van der Waals surface area contributed by atoms with E-state index in [1.54, 1.807) is 20.0 Å². The Kier molecular flexibility index (Phi) is 3.96. The second kappa shape index (κ2) is 4.23. The molecule has 0 amide bonds. The van der Waals surface area contributed by atoms with Crippen LogP contribution in [0, 0.1) is 0 Å². The van der Waals surface area contributed by atoms with Crippen LogP contribution in [0.25, 0.3) is 0 Å². The summed E-state index contributed by atoms with van der Waals surface area (Å²) >= 11 is 5.52. The van der Waals surface area contributed by atoms with Crippen molar-refractivity contribution in [1.29, 1.82) is 0 Å². The van der Waals surface area contributed by atoms with Crippen molar-refractivity contribution in [1.82, 2.24) is 0 Å². The lowest BCUT2D eigenvalue weighted by Gasteiger charge is -1.91. The number of carbonyl (C=O) groups excluding carboxylic acids is 1. The molecule has 3 heteroatoms. The molecule has 0 spiro atoms. The Morgan fingerprint density at radius 3 is 2.10 bits per heavy atom. The Morgan fingerprint density at radius 2 is 2.00 bits per heavy atom. The van der Waals surface area contributed by atoms with Gasteiger partial charge in [-0.2, -0.15) is 0 Å². The van der Waals surface area contributed by atoms with Gasteiger partial charge in [-0.1, -0.05) is 11.6 Å². The summed E-state index contributed by atoms with van der Waals surface area (Å²) in [5, 5.41) is 0.566. The summed E-state index contributed by atoms with van der Waals surface area (Å²) in [6.07, 6.45) is 1.55. The van der Waals surface area contributed by atoms with Gasteiger partial charge in [-0.15, -0.1) is 0 Å². The van der Waals surface area contributed by atoms with Crippen molar-refractivity contribution in [2.24, 2.45) is 4.99 Å². The molecule has 2 nitrogen and oxygen atoms in total. The van der Waals surface area contributed by atoms with E-state index >= 15 is 0 Å². The van der Waals surface area contributed by atoms with E-state index < -0.39 is 0 Å². The van der Waals surface area contributed by atoms with E-state index in [0.29, 0.717) is 10.7 Å². The Labute approximate surface area is 65.6 Å². The van der Waals surface area contributed by atoms with Gasteiger partial charge in [0.15, 0.2) is 5.78 Å². The highest BCUT2D eigenvalue weighted by atomic mass is 35.5. The predicted octanol–water partition coefficient (Wildman–Crippen LogP) is 1.79. The quantitative estimate of drug-likeness (QED) is 0.565. The molecule has 0 atom stereocenters. The van der Waals surface area contributed by atoms with Crippen LogP contribution in [0.2, 0.25) is 0 Å². The van der Waals surface area contributed by atoms with E-state index in [2.05, 4.69) is 4.99 Å². The van der Waals surface area contributed by atoms with Crippen LogP contribution < -0.4 is 0 Å². The third-order valence-corrected chi connectivity index (χ3v) is 1.05. The molecule has 0 aliphatic carbocycles. The maximum absolute atomic E-state index is 10.7. The second-order valence-corrected chi connectivity index (χ2v) is 2.49. The zero-order valence-electron chi connectivity index (χ0n) is 6.31. The minimum atomic E-state index is -0.0671. The number of ketones is 1. The minimum absolute atomic E-state index is 0.0671. The van der Waals surface area contributed by atoms with Crippen LogP contribution in [0.3, 0.4) is 0 Å². The van der Waals surface area contributed by atoms with E-state index in [4.69, 9.17) is 11.6 Å². The molecule has 10 heavy (non-hydrogen) atoms. The van der Waals surface area contributed by atoms with E-state index in [1.807, 2.05) is 0 Å². The van der Waals surface area contributed by atoms with E-state index in [1.165, 1.54) is 6.92 Å². The van der Waals surface area contributed by atoms with Crippen molar-refractivity contribution in [2.75, 3.05) is 7.05 Å². The molecule has 0 radical (unpaired) electrons. The van der Waals surface area contributed by atoms with Crippen molar-refractivity contribution in [3.05, 3.63) is 11.1 Å². The van der Waals surface area contributed by atoms with Gasteiger partial charge in [0, 0.05) is 19.0 Å². The average molecular weight is 160 g/mol. The normalized spacial score (nSPS) is 13.6. The number of Topliss-reactive ketones (excluding diaryl/α,β-unsaturated/α-hetero) is 1. The molecule has 0 heterocycles. The molecular formula is C7H10ClNO. The van der Waals surface area contributed by atoms with Crippen LogP contribution >= 0.6 is 11.6 Å². The van der Waals surface area contributed by atoms with Gasteiger partial charge in [0.2, 0.25) is 0 Å². The molecule has 0 fully saturated rings. The molecule has 0 aliphatic rings. The first-order valence-electron chi connectivity index (χ1n) is 2.89. The Morgan fingerprint density at radius 1 is 1.50 bits per heavy atom. The summed E-state index contributed by atoms with van der Waals surface area (Å²) < 4.78 is 0. The molecule has 56 valence electrons. The maximum Gasteiger partial charge on any atom is 0.177 e. The molecule has 0 aromatic rings. The predicted molar refractivity (Wildman–Crippen MR) is 43.7 cm³/mol. The largest absolute Gasteiger partial charge is 0.293 e. The van der Waals surface area contributed by atoms with Crippen LogP contribution in [0.4, 0.5) is 0 Å². The number of carbonyl (C=O) groups is 1. The zero-order chi connectivity index (χ0) is 8.15. The van der Waals surface area contributed by atoms with Gasteiger partial charge in [-0.3, -0.25) is 9.79 Å². The number of halogens is 1. The Balaban J connectivity index is 4.42. The maximum atomic E-state index is 10.7. The topological polar surface area (TPSA) is 29.4 Å². The molecule has 0 aromatic heterocycles. The smallest absolute Gasteiger partial charge is 0.177 e. The van der Waals surface area contributed by atoms with Gasteiger partial charge in [0.05, 0.1) is 0 Å². The van der Waals surface area contributed by atoms with Crippen molar-refractivity contribution in [2.45, 2.75) is 13.8 Å². The van der Waals surface area contributed by atoms with Gasteiger partial charge >= 0.3 is 0 Å². The number of nitrogens with zero attached hydrogens (tertiary/aromatic N) is 1. The van der Waals surface area contributed by atoms with E-state index in [9.17, 15) is 4.79 Å². The number of allylic oxidation sites excluding steroid dienone is 2. The molecule has 0 saturated heterocycles. The van der Waals surface area contributed by atoms with E-state index in [-0.39, 0.29) is 5.78 Å². The van der Waals surface area contributed by atoms with Crippen molar-refractivity contribution < 1.29 is 4.79 Å². The van der Waals surface area contributed by atoms with Crippen LogP contribution in [-0.4, -0.2) is 18.5 Å². The molecule has 0 saturated carbocycles. The molecule has 0 bridgehead atoms. The summed E-state index contributed by atoms with van der Waals surface area (Å²) in [7, 11) is 1.56. The first kappa shape index (κ1) is 9.37. The third kappa shape index (κ3) is 3.41. The monoisotopic (exact) mass is 159 g/mol. The standard InChI is InChI=1S/C7H10ClNO/c1-5(8)4-7(9-3)6(2)10/h4H,1-3H3/b5-4+,9-7?. The Bertz CT molecular complexity index is 190.